The zero-order valence-corrected chi connectivity index (χ0v) is 10.1. The van der Waals surface area contributed by atoms with Gasteiger partial charge in [-0.1, -0.05) is 6.07 Å². The molecule has 0 unspecified atom stereocenters. The lowest BCUT2D eigenvalue weighted by Crippen LogP contribution is -2.40. The van der Waals surface area contributed by atoms with E-state index in [1.807, 2.05) is 6.92 Å². The fourth-order valence-corrected chi connectivity index (χ4v) is 2.24. The Labute approximate surface area is 105 Å². The maximum absolute atomic E-state index is 12.2. The van der Waals surface area contributed by atoms with E-state index in [2.05, 4.69) is 0 Å². The number of carbonyl (C=O) groups excluding carboxylic acids is 1. The molecule has 0 aromatic heterocycles. The minimum absolute atomic E-state index is 0.101. The maximum atomic E-state index is 12.2. The highest BCUT2D eigenvalue weighted by atomic mass is 16.4. The van der Waals surface area contributed by atoms with Crippen molar-refractivity contribution in [3.05, 3.63) is 29.3 Å². The monoisotopic (exact) mass is 249 g/mol. The number of phenolic OH excluding ortho intramolecular Hbond substituents is 1. The molecule has 0 radical (unpaired) electrons. The number of amides is 1. The van der Waals surface area contributed by atoms with Crippen molar-refractivity contribution in [3.8, 4) is 5.75 Å². The van der Waals surface area contributed by atoms with Crippen LogP contribution >= 0.6 is 0 Å². The van der Waals surface area contributed by atoms with Gasteiger partial charge >= 0.3 is 5.97 Å². The molecule has 1 amide bonds. The first-order chi connectivity index (χ1) is 8.50. The van der Waals surface area contributed by atoms with Gasteiger partial charge in [0.15, 0.2) is 0 Å². The number of rotatable bonds is 2. The van der Waals surface area contributed by atoms with Gasteiger partial charge in [-0.05, 0) is 37.5 Å². The van der Waals surface area contributed by atoms with Gasteiger partial charge in [-0.2, -0.15) is 0 Å². The Hall–Kier alpha value is -2.04. The molecule has 2 rings (SSSR count). The van der Waals surface area contributed by atoms with Crippen LogP contribution in [-0.2, 0) is 4.79 Å². The van der Waals surface area contributed by atoms with Crippen LogP contribution in [0, 0.1) is 6.92 Å². The molecule has 2 N–H and O–H groups in total. The zero-order valence-electron chi connectivity index (χ0n) is 10.1. The minimum Gasteiger partial charge on any atom is -0.507 e. The van der Waals surface area contributed by atoms with Crippen LogP contribution < -0.4 is 0 Å². The first kappa shape index (κ1) is 12.4. The first-order valence-corrected chi connectivity index (χ1v) is 5.84. The van der Waals surface area contributed by atoms with Crippen LogP contribution in [0.4, 0.5) is 0 Å². The molecule has 0 aliphatic carbocycles. The predicted molar refractivity (Wildman–Crippen MR) is 64.5 cm³/mol. The smallest absolute Gasteiger partial charge is 0.326 e. The first-order valence-electron chi connectivity index (χ1n) is 5.84. The number of carbonyl (C=O) groups is 2. The molecule has 0 bridgehead atoms. The van der Waals surface area contributed by atoms with E-state index >= 15 is 0 Å². The second-order valence-corrected chi connectivity index (χ2v) is 4.52. The van der Waals surface area contributed by atoms with Crippen LogP contribution in [0.3, 0.4) is 0 Å². The van der Waals surface area contributed by atoms with E-state index in [1.165, 1.54) is 17.0 Å². The summed E-state index contributed by atoms with van der Waals surface area (Å²) in [5.41, 5.74) is 1.01. The summed E-state index contributed by atoms with van der Waals surface area (Å²) in [6, 6.07) is 3.97. The Morgan fingerprint density at radius 2 is 2.11 bits per heavy atom. The summed E-state index contributed by atoms with van der Waals surface area (Å²) in [6.45, 7) is 2.23. The van der Waals surface area contributed by atoms with Crippen molar-refractivity contribution in [2.45, 2.75) is 25.8 Å². The number of likely N-dealkylation sites (tertiary alicyclic amines) is 1. The molecule has 5 heteroatoms. The summed E-state index contributed by atoms with van der Waals surface area (Å²) < 4.78 is 0. The lowest BCUT2D eigenvalue weighted by molar-refractivity contribution is -0.141. The van der Waals surface area contributed by atoms with E-state index in [0.717, 1.165) is 5.56 Å². The molecule has 1 heterocycles. The number of aliphatic carboxylic acids is 1. The summed E-state index contributed by atoms with van der Waals surface area (Å²) in [6.07, 6.45) is 1.14. The number of hydrogen-bond acceptors (Lipinski definition) is 3. The number of aryl methyl sites for hydroxylation is 1. The van der Waals surface area contributed by atoms with Gasteiger partial charge in [0.05, 0.1) is 5.56 Å². The summed E-state index contributed by atoms with van der Waals surface area (Å²) in [7, 11) is 0. The second-order valence-electron chi connectivity index (χ2n) is 4.52. The Morgan fingerprint density at radius 1 is 1.39 bits per heavy atom. The average Bonchev–Trinajstić information content (AvgIpc) is 2.77. The van der Waals surface area contributed by atoms with Crippen LogP contribution in [0.1, 0.15) is 28.8 Å². The average molecular weight is 249 g/mol. The SMILES string of the molecule is Cc1ccc(C(=O)N2CCC[C@H]2C(=O)O)c(O)c1. The molecule has 1 atom stereocenters. The number of nitrogens with zero attached hydrogens (tertiary/aromatic N) is 1. The van der Waals surface area contributed by atoms with Crippen LogP contribution in [0.5, 0.6) is 5.75 Å². The van der Waals surface area contributed by atoms with Gasteiger partial charge < -0.3 is 15.1 Å². The topological polar surface area (TPSA) is 77.8 Å². The quantitative estimate of drug-likeness (QED) is 0.830. The summed E-state index contributed by atoms with van der Waals surface area (Å²) >= 11 is 0. The Morgan fingerprint density at radius 3 is 2.72 bits per heavy atom. The molecular weight excluding hydrogens is 234 g/mol. The number of hydrogen-bond donors (Lipinski definition) is 2. The van der Waals surface area contributed by atoms with Gasteiger partial charge in [0.2, 0.25) is 0 Å². The Balaban J connectivity index is 2.28. The lowest BCUT2D eigenvalue weighted by atomic mass is 10.1. The van der Waals surface area contributed by atoms with Crippen LogP contribution in [0.15, 0.2) is 18.2 Å². The van der Waals surface area contributed by atoms with Gasteiger partial charge in [0.1, 0.15) is 11.8 Å². The summed E-state index contributed by atoms with van der Waals surface area (Å²) in [5, 5.41) is 18.8. The van der Waals surface area contributed by atoms with Crippen molar-refractivity contribution in [1.82, 2.24) is 4.90 Å². The molecule has 96 valence electrons. The molecule has 1 aromatic rings. The third-order valence-electron chi connectivity index (χ3n) is 3.18. The van der Waals surface area contributed by atoms with Crippen molar-refractivity contribution in [1.29, 1.82) is 0 Å². The minimum atomic E-state index is -0.993. The van der Waals surface area contributed by atoms with Crippen molar-refractivity contribution in [2.24, 2.45) is 0 Å². The molecule has 1 aromatic carbocycles. The number of carboxylic acid groups (broad SMARTS) is 1. The molecule has 1 aliphatic heterocycles. The van der Waals surface area contributed by atoms with E-state index in [-0.39, 0.29) is 11.3 Å². The second kappa shape index (κ2) is 4.68. The lowest BCUT2D eigenvalue weighted by Gasteiger charge is -2.21. The van der Waals surface area contributed by atoms with Crippen LogP contribution in [0.2, 0.25) is 0 Å². The fourth-order valence-electron chi connectivity index (χ4n) is 2.24. The highest BCUT2D eigenvalue weighted by Crippen LogP contribution is 2.25. The molecule has 1 aliphatic rings. The Bertz CT molecular complexity index is 498. The summed E-state index contributed by atoms with van der Waals surface area (Å²) in [4.78, 5) is 24.5. The molecule has 1 fully saturated rings. The largest absolute Gasteiger partial charge is 0.507 e. The maximum Gasteiger partial charge on any atom is 0.326 e. The molecule has 0 saturated carbocycles. The normalized spacial score (nSPS) is 18.9. The molecule has 1 saturated heterocycles. The Kier molecular flexibility index (Phi) is 3.23. The molecule has 5 nitrogen and oxygen atoms in total. The fraction of sp³-hybridized carbons (Fsp3) is 0.385. The van der Waals surface area contributed by atoms with Gasteiger partial charge in [-0.15, -0.1) is 0 Å². The van der Waals surface area contributed by atoms with E-state index in [9.17, 15) is 14.7 Å². The van der Waals surface area contributed by atoms with Crippen LogP contribution in [0.25, 0.3) is 0 Å². The molecular formula is C13H15NO4. The third kappa shape index (κ3) is 2.16. The predicted octanol–water partition coefficient (Wildman–Crippen LogP) is 1.39. The highest BCUT2D eigenvalue weighted by molar-refractivity contribution is 5.99. The molecule has 18 heavy (non-hydrogen) atoms. The van der Waals surface area contributed by atoms with Crippen LogP contribution in [-0.4, -0.2) is 39.6 Å². The molecule has 0 spiro atoms. The number of carboxylic acids is 1. The third-order valence-corrected chi connectivity index (χ3v) is 3.18. The van der Waals surface area contributed by atoms with E-state index < -0.39 is 17.9 Å². The van der Waals surface area contributed by atoms with E-state index in [0.29, 0.717) is 19.4 Å². The van der Waals surface area contributed by atoms with Gasteiger partial charge in [-0.3, -0.25) is 4.79 Å². The standard InChI is InChI=1S/C13H15NO4/c1-8-4-5-9(11(15)7-8)12(16)14-6-2-3-10(14)13(17)18/h4-5,7,10,15H,2-3,6H2,1H3,(H,17,18)/t10-/m0/s1. The van der Waals surface area contributed by atoms with Crippen molar-refractivity contribution in [3.63, 3.8) is 0 Å². The number of benzene rings is 1. The van der Waals surface area contributed by atoms with Gasteiger partial charge in [-0.25, -0.2) is 4.79 Å². The highest BCUT2D eigenvalue weighted by Gasteiger charge is 2.35. The van der Waals surface area contributed by atoms with Crippen molar-refractivity contribution >= 4 is 11.9 Å². The van der Waals surface area contributed by atoms with E-state index in [1.54, 1.807) is 6.07 Å². The van der Waals surface area contributed by atoms with Crippen molar-refractivity contribution in [2.75, 3.05) is 6.54 Å². The zero-order chi connectivity index (χ0) is 13.3. The summed E-state index contributed by atoms with van der Waals surface area (Å²) in [5.74, 6) is -1.51. The van der Waals surface area contributed by atoms with Gasteiger partial charge in [0, 0.05) is 6.54 Å². The number of phenols is 1. The van der Waals surface area contributed by atoms with E-state index in [4.69, 9.17) is 5.11 Å². The number of aromatic hydroxyl groups is 1. The van der Waals surface area contributed by atoms with Crippen molar-refractivity contribution < 1.29 is 19.8 Å². The van der Waals surface area contributed by atoms with Gasteiger partial charge in [0.25, 0.3) is 5.91 Å².